The molecule has 0 saturated heterocycles. The van der Waals surface area contributed by atoms with Gasteiger partial charge in [-0.15, -0.1) is 0 Å². The van der Waals surface area contributed by atoms with Crippen LogP contribution in [0.15, 0.2) is 36.5 Å². The van der Waals surface area contributed by atoms with Gasteiger partial charge in [-0.2, -0.15) is 0 Å². The van der Waals surface area contributed by atoms with Crippen molar-refractivity contribution in [3.63, 3.8) is 0 Å². The number of ether oxygens (including phenoxy) is 2. The van der Waals surface area contributed by atoms with Gasteiger partial charge in [0.1, 0.15) is 19.3 Å². The maximum absolute atomic E-state index is 12.7. The molecule has 0 aromatic carbocycles. The topological polar surface area (TPSA) is 91.3 Å². The highest BCUT2D eigenvalue weighted by molar-refractivity contribution is 7.47. The molecule has 348 valence electrons. The molecule has 0 radical (unpaired) electrons. The van der Waals surface area contributed by atoms with Gasteiger partial charge in [0, 0.05) is 13.0 Å². The molecule has 8 nitrogen and oxygen atoms in total. The van der Waals surface area contributed by atoms with Crippen molar-refractivity contribution in [3.8, 4) is 0 Å². The minimum Gasteiger partial charge on any atom is -0.457 e. The molecule has 2 atom stereocenters. The van der Waals surface area contributed by atoms with Crippen LogP contribution in [0.1, 0.15) is 219 Å². The fourth-order valence-corrected chi connectivity index (χ4v) is 7.60. The zero-order chi connectivity index (χ0) is 43.4. The van der Waals surface area contributed by atoms with E-state index in [4.69, 9.17) is 18.5 Å². The van der Waals surface area contributed by atoms with E-state index in [9.17, 15) is 14.3 Å². The Hall–Kier alpha value is -1.28. The Labute approximate surface area is 365 Å². The van der Waals surface area contributed by atoms with E-state index in [2.05, 4.69) is 50.3 Å². The number of unbranched alkanes of at least 4 members (excludes halogenated alkanes) is 26. The summed E-state index contributed by atoms with van der Waals surface area (Å²) in [5.41, 5.74) is 0. The van der Waals surface area contributed by atoms with E-state index < -0.39 is 13.9 Å². The number of allylic oxidation sites excluding steroid dienone is 6. The van der Waals surface area contributed by atoms with Gasteiger partial charge in [0.25, 0.3) is 0 Å². The zero-order valence-electron chi connectivity index (χ0n) is 39.5. The molecule has 1 N–H and O–H groups in total. The highest BCUT2D eigenvalue weighted by Gasteiger charge is 2.26. The lowest BCUT2D eigenvalue weighted by molar-refractivity contribution is -0.870. The minimum absolute atomic E-state index is 0.0892. The van der Waals surface area contributed by atoms with Crippen molar-refractivity contribution in [1.82, 2.24) is 0 Å². The number of nitrogens with zero attached hydrogens (tertiary/aromatic N) is 1. The number of phosphoric ester groups is 1. The Bertz CT molecular complexity index is 1040. The highest BCUT2D eigenvalue weighted by atomic mass is 31.2. The van der Waals surface area contributed by atoms with E-state index in [-0.39, 0.29) is 25.8 Å². The first-order valence-electron chi connectivity index (χ1n) is 24.7. The molecular formula is C50H97NO7P+. The first-order valence-corrected chi connectivity index (χ1v) is 26.2. The van der Waals surface area contributed by atoms with Crippen LogP contribution >= 0.6 is 7.82 Å². The number of carbonyl (C=O) groups excluding carboxylic acids is 1. The molecule has 0 aliphatic carbocycles. The SMILES string of the molecule is CCCCCCC/C=C\C/C=C\C/C=C\CCCCCCCCCCCCCOCC(COP(=O)(O)OCC[N+](C)(C)C)OC(=O)CCCCCCCCCCCCC. The summed E-state index contributed by atoms with van der Waals surface area (Å²) in [6, 6.07) is 0. The summed E-state index contributed by atoms with van der Waals surface area (Å²) in [5.74, 6) is -0.314. The van der Waals surface area contributed by atoms with Gasteiger partial charge in [-0.3, -0.25) is 13.8 Å². The number of rotatable bonds is 46. The van der Waals surface area contributed by atoms with Crippen LogP contribution in [-0.4, -0.2) is 75.6 Å². The van der Waals surface area contributed by atoms with Gasteiger partial charge in [-0.05, 0) is 51.4 Å². The van der Waals surface area contributed by atoms with Crippen molar-refractivity contribution < 1.29 is 37.3 Å². The lowest BCUT2D eigenvalue weighted by Gasteiger charge is -2.24. The Morgan fingerprint density at radius 3 is 1.39 bits per heavy atom. The number of likely N-dealkylation sites (N-methyl/N-ethyl adjacent to an activating group) is 1. The summed E-state index contributed by atoms with van der Waals surface area (Å²) in [6.07, 6.45) is 51.9. The van der Waals surface area contributed by atoms with Crippen molar-refractivity contribution in [2.45, 2.75) is 225 Å². The number of hydrogen-bond donors (Lipinski definition) is 1. The number of hydrogen-bond acceptors (Lipinski definition) is 6. The van der Waals surface area contributed by atoms with Gasteiger partial charge in [0.2, 0.25) is 0 Å². The van der Waals surface area contributed by atoms with Crippen LogP contribution in [0.25, 0.3) is 0 Å². The molecule has 0 aromatic heterocycles. The third kappa shape index (κ3) is 47.6. The second-order valence-electron chi connectivity index (χ2n) is 17.9. The van der Waals surface area contributed by atoms with Gasteiger partial charge >= 0.3 is 13.8 Å². The predicted octanol–water partition coefficient (Wildman–Crippen LogP) is 14.9. The lowest BCUT2D eigenvalue weighted by Crippen LogP contribution is -2.37. The molecule has 0 aliphatic rings. The average Bonchev–Trinajstić information content (AvgIpc) is 3.19. The smallest absolute Gasteiger partial charge is 0.457 e. The normalized spacial score (nSPS) is 13.9. The van der Waals surface area contributed by atoms with Crippen LogP contribution in [0.5, 0.6) is 0 Å². The second kappa shape index (κ2) is 43.4. The first-order chi connectivity index (χ1) is 28.6. The third-order valence-electron chi connectivity index (χ3n) is 10.7. The Balaban J connectivity index is 4.04. The van der Waals surface area contributed by atoms with Crippen LogP contribution in [0.4, 0.5) is 0 Å². The van der Waals surface area contributed by atoms with Crippen LogP contribution in [0, 0.1) is 0 Å². The molecule has 0 bridgehead atoms. The monoisotopic (exact) mass is 855 g/mol. The van der Waals surface area contributed by atoms with Crippen molar-refractivity contribution in [1.29, 1.82) is 0 Å². The Kier molecular flexibility index (Phi) is 42.4. The van der Waals surface area contributed by atoms with Gasteiger partial charge in [0.05, 0.1) is 34.4 Å². The van der Waals surface area contributed by atoms with E-state index >= 15 is 0 Å². The van der Waals surface area contributed by atoms with E-state index in [1.807, 2.05) is 21.1 Å². The van der Waals surface area contributed by atoms with E-state index in [1.165, 1.54) is 154 Å². The fourth-order valence-electron chi connectivity index (χ4n) is 6.85. The fraction of sp³-hybridized carbons (Fsp3) is 0.860. The minimum atomic E-state index is -4.27. The quantitative estimate of drug-likeness (QED) is 0.0214. The number of phosphoric acid groups is 1. The number of quaternary nitrogens is 1. The molecule has 0 amide bonds. The second-order valence-corrected chi connectivity index (χ2v) is 19.3. The largest absolute Gasteiger partial charge is 0.472 e. The number of esters is 1. The lowest BCUT2D eigenvalue weighted by atomic mass is 10.1. The molecule has 0 aromatic rings. The molecule has 0 spiro atoms. The molecule has 0 rings (SSSR count). The van der Waals surface area contributed by atoms with Gasteiger partial charge in [-0.25, -0.2) is 4.57 Å². The Morgan fingerprint density at radius 2 is 0.932 bits per heavy atom. The standard InChI is InChI=1S/C50H96NO7P/c1-6-8-10-12-14-16-18-19-20-21-22-23-24-25-26-27-28-29-30-31-32-34-36-38-40-42-45-55-47-49(48-57-59(53,54)56-46-44-51(3,4)5)58-50(52)43-41-39-37-35-33-17-15-13-11-9-7-2/h18-19,21-22,24-25,49H,6-17,20,23,26-48H2,1-5H3/p+1/b19-18-,22-21-,25-24-. The van der Waals surface area contributed by atoms with Crippen molar-refractivity contribution >= 4 is 13.8 Å². The van der Waals surface area contributed by atoms with Gasteiger partial charge in [-0.1, -0.05) is 198 Å². The Morgan fingerprint density at radius 1 is 0.525 bits per heavy atom. The van der Waals surface area contributed by atoms with Gasteiger partial charge < -0.3 is 18.9 Å². The van der Waals surface area contributed by atoms with Crippen LogP contribution in [-0.2, 0) is 27.9 Å². The summed E-state index contributed by atoms with van der Waals surface area (Å²) in [7, 11) is 1.67. The van der Waals surface area contributed by atoms with E-state index in [1.54, 1.807) is 0 Å². The van der Waals surface area contributed by atoms with Gasteiger partial charge in [0.15, 0.2) is 0 Å². The summed E-state index contributed by atoms with van der Waals surface area (Å²) < 4.78 is 35.0. The summed E-state index contributed by atoms with van der Waals surface area (Å²) in [4.78, 5) is 22.9. The van der Waals surface area contributed by atoms with Crippen molar-refractivity contribution in [2.75, 3.05) is 54.1 Å². The van der Waals surface area contributed by atoms with Crippen molar-refractivity contribution in [3.05, 3.63) is 36.5 Å². The number of carbonyl (C=O) groups is 1. The highest BCUT2D eigenvalue weighted by Crippen LogP contribution is 2.43. The summed E-state index contributed by atoms with van der Waals surface area (Å²) in [5, 5.41) is 0. The molecule has 0 heterocycles. The first kappa shape index (κ1) is 57.7. The van der Waals surface area contributed by atoms with E-state index in [0.29, 0.717) is 24.1 Å². The molecule has 9 heteroatoms. The van der Waals surface area contributed by atoms with Crippen LogP contribution in [0.3, 0.4) is 0 Å². The maximum atomic E-state index is 12.7. The molecule has 59 heavy (non-hydrogen) atoms. The molecule has 0 aliphatic heterocycles. The average molecular weight is 855 g/mol. The third-order valence-corrected chi connectivity index (χ3v) is 11.7. The summed E-state index contributed by atoms with van der Waals surface area (Å²) >= 11 is 0. The van der Waals surface area contributed by atoms with Crippen LogP contribution < -0.4 is 0 Å². The summed E-state index contributed by atoms with van der Waals surface area (Å²) in [6.45, 7) is 5.62. The predicted molar refractivity (Wildman–Crippen MR) is 252 cm³/mol. The zero-order valence-corrected chi connectivity index (χ0v) is 40.4. The van der Waals surface area contributed by atoms with Crippen molar-refractivity contribution in [2.24, 2.45) is 0 Å². The molecule has 0 saturated carbocycles. The maximum Gasteiger partial charge on any atom is 0.472 e. The molecule has 2 unspecified atom stereocenters. The van der Waals surface area contributed by atoms with Crippen LogP contribution in [0.2, 0.25) is 0 Å². The molecule has 0 fully saturated rings. The molecular weight excluding hydrogens is 758 g/mol. The van der Waals surface area contributed by atoms with E-state index in [0.717, 1.165) is 44.9 Å².